The Hall–Kier alpha value is -2.37. The second-order valence-corrected chi connectivity index (χ2v) is 6.31. The fourth-order valence-electron chi connectivity index (χ4n) is 3.25. The molecule has 0 saturated heterocycles. The highest BCUT2D eigenvalue weighted by molar-refractivity contribution is 5.94. The zero-order valence-corrected chi connectivity index (χ0v) is 14.9. The number of carbonyl (C=O) groups is 3. The third-order valence-electron chi connectivity index (χ3n) is 4.42. The first-order valence-corrected chi connectivity index (χ1v) is 8.85. The summed E-state index contributed by atoms with van der Waals surface area (Å²) < 4.78 is 5.18. The maximum absolute atomic E-state index is 12.4. The van der Waals surface area contributed by atoms with Crippen molar-refractivity contribution < 1.29 is 19.1 Å². The summed E-state index contributed by atoms with van der Waals surface area (Å²) in [5.74, 6) is -0.937. The minimum atomic E-state index is -0.569. The topological polar surface area (TPSA) is 75.7 Å². The van der Waals surface area contributed by atoms with Gasteiger partial charge in [-0.25, -0.2) is 4.79 Å². The van der Waals surface area contributed by atoms with Gasteiger partial charge in [0.1, 0.15) is 0 Å². The molecule has 2 amide bonds. The second kappa shape index (κ2) is 9.20. The number of nitrogens with zero attached hydrogens (tertiary/aromatic N) is 1. The highest BCUT2D eigenvalue weighted by atomic mass is 16.5. The summed E-state index contributed by atoms with van der Waals surface area (Å²) in [5.41, 5.74) is 0.824. The Morgan fingerprint density at radius 3 is 2.56 bits per heavy atom. The van der Waals surface area contributed by atoms with E-state index in [0.717, 1.165) is 25.7 Å². The molecule has 1 aromatic rings. The third kappa shape index (κ3) is 5.59. The largest absolute Gasteiger partial charge is 0.452 e. The highest BCUT2D eigenvalue weighted by Gasteiger charge is 2.24. The van der Waals surface area contributed by atoms with Gasteiger partial charge in [0.2, 0.25) is 5.91 Å². The third-order valence-corrected chi connectivity index (χ3v) is 4.42. The van der Waals surface area contributed by atoms with Gasteiger partial charge in [-0.05, 0) is 38.0 Å². The van der Waals surface area contributed by atoms with Crippen molar-refractivity contribution in [3.05, 3.63) is 29.8 Å². The van der Waals surface area contributed by atoms with Crippen LogP contribution in [-0.2, 0) is 14.3 Å². The Labute approximate surface area is 148 Å². The van der Waals surface area contributed by atoms with Crippen molar-refractivity contribution in [3.63, 3.8) is 0 Å². The second-order valence-electron chi connectivity index (χ2n) is 6.31. The van der Waals surface area contributed by atoms with E-state index in [-0.39, 0.29) is 24.5 Å². The molecule has 1 aliphatic rings. The van der Waals surface area contributed by atoms with Crippen LogP contribution in [0.4, 0.5) is 5.69 Å². The fraction of sp³-hybridized carbons (Fsp3) is 0.526. The molecule has 0 unspecified atom stereocenters. The molecule has 0 spiro atoms. The van der Waals surface area contributed by atoms with E-state index in [9.17, 15) is 14.4 Å². The van der Waals surface area contributed by atoms with Gasteiger partial charge in [0, 0.05) is 25.2 Å². The SMILES string of the molecule is CCN(C(=O)COC(=O)c1cccc(NC(C)=O)c1)C1CCCCC1. The lowest BCUT2D eigenvalue weighted by Gasteiger charge is -2.33. The molecule has 2 rings (SSSR count). The smallest absolute Gasteiger partial charge is 0.338 e. The monoisotopic (exact) mass is 346 g/mol. The van der Waals surface area contributed by atoms with E-state index in [1.54, 1.807) is 18.2 Å². The van der Waals surface area contributed by atoms with Gasteiger partial charge in [-0.15, -0.1) is 0 Å². The average Bonchev–Trinajstić information content (AvgIpc) is 2.61. The molecule has 1 N–H and O–H groups in total. The zero-order valence-electron chi connectivity index (χ0n) is 14.9. The van der Waals surface area contributed by atoms with E-state index in [4.69, 9.17) is 4.74 Å². The van der Waals surface area contributed by atoms with Crippen molar-refractivity contribution in [2.45, 2.75) is 52.0 Å². The van der Waals surface area contributed by atoms with Crippen LogP contribution in [0.3, 0.4) is 0 Å². The maximum atomic E-state index is 12.4. The lowest BCUT2D eigenvalue weighted by atomic mass is 9.94. The van der Waals surface area contributed by atoms with Crippen molar-refractivity contribution in [2.24, 2.45) is 0 Å². The molecule has 1 aromatic carbocycles. The Kier molecular flexibility index (Phi) is 6.98. The van der Waals surface area contributed by atoms with Gasteiger partial charge in [0.25, 0.3) is 5.91 Å². The van der Waals surface area contributed by atoms with Gasteiger partial charge < -0.3 is 15.0 Å². The van der Waals surface area contributed by atoms with E-state index in [0.29, 0.717) is 17.8 Å². The van der Waals surface area contributed by atoms with Gasteiger partial charge in [-0.3, -0.25) is 9.59 Å². The van der Waals surface area contributed by atoms with Crippen LogP contribution in [0.1, 0.15) is 56.3 Å². The number of carbonyl (C=O) groups excluding carboxylic acids is 3. The molecule has 6 nitrogen and oxygen atoms in total. The number of hydrogen-bond donors (Lipinski definition) is 1. The molecular formula is C19H26N2O4. The number of esters is 1. The van der Waals surface area contributed by atoms with E-state index in [1.165, 1.54) is 19.4 Å². The number of benzene rings is 1. The van der Waals surface area contributed by atoms with Gasteiger partial charge in [-0.1, -0.05) is 25.3 Å². The molecule has 0 heterocycles. The van der Waals surface area contributed by atoms with E-state index < -0.39 is 5.97 Å². The highest BCUT2D eigenvalue weighted by Crippen LogP contribution is 2.22. The Balaban J connectivity index is 1.91. The fourth-order valence-corrected chi connectivity index (χ4v) is 3.25. The Bertz CT molecular complexity index is 624. The van der Waals surface area contributed by atoms with Crippen molar-refractivity contribution in [1.29, 1.82) is 0 Å². The van der Waals surface area contributed by atoms with Crippen LogP contribution in [-0.4, -0.2) is 41.9 Å². The average molecular weight is 346 g/mol. The van der Waals surface area contributed by atoms with E-state index in [1.807, 2.05) is 11.8 Å². The lowest BCUT2D eigenvalue weighted by Crippen LogP contribution is -2.43. The number of amides is 2. The van der Waals surface area contributed by atoms with Gasteiger partial charge in [0.05, 0.1) is 5.56 Å². The normalized spacial score (nSPS) is 14.6. The number of anilines is 1. The molecule has 6 heteroatoms. The van der Waals surface area contributed by atoms with Gasteiger partial charge >= 0.3 is 5.97 Å². The van der Waals surface area contributed by atoms with Crippen molar-refractivity contribution >= 4 is 23.5 Å². The zero-order chi connectivity index (χ0) is 18.2. The summed E-state index contributed by atoms with van der Waals surface area (Å²) in [5, 5.41) is 2.61. The molecule has 136 valence electrons. The van der Waals surface area contributed by atoms with E-state index >= 15 is 0 Å². The standard InChI is InChI=1S/C19H26N2O4/c1-3-21(17-10-5-4-6-11-17)18(23)13-25-19(24)15-8-7-9-16(12-15)20-14(2)22/h7-9,12,17H,3-6,10-11,13H2,1-2H3,(H,20,22). The van der Waals surface area contributed by atoms with E-state index in [2.05, 4.69) is 5.32 Å². The molecule has 1 fully saturated rings. The molecule has 0 atom stereocenters. The molecule has 0 aliphatic heterocycles. The minimum absolute atomic E-state index is 0.152. The summed E-state index contributed by atoms with van der Waals surface area (Å²) in [4.78, 5) is 37.5. The molecule has 1 aliphatic carbocycles. The number of ether oxygens (including phenoxy) is 1. The van der Waals surface area contributed by atoms with Gasteiger partial charge in [-0.2, -0.15) is 0 Å². The number of rotatable bonds is 6. The first-order valence-electron chi connectivity index (χ1n) is 8.85. The summed E-state index contributed by atoms with van der Waals surface area (Å²) in [7, 11) is 0. The molecular weight excluding hydrogens is 320 g/mol. The lowest BCUT2D eigenvalue weighted by molar-refractivity contribution is -0.137. The number of hydrogen-bond acceptors (Lipinski definition) is 4. The van der Waals surface area contributed by atoms with Crippen molar-refractivity contribution in [3.8, 4) is 0 Å². The summed E-state index contributed by atoms with van der Waals surface area (Å²) in [6, 6.07) is 6.73. The van der Waals surface area contributed by atoms with Crippen LogP contribution in [0.15, 0.2) is 24.3 Å². The van der Waals surface area contributed by atoms with Crippen LogP contribution in [0.5, 0.6) is 0 Å². The maximum Gasteiger partial charge on any atom is 0.338 e. The quantitative estimate of drug-likeness (QED) is 0.804. The van der Waals surface area contributed by atoms with Crippen LogP contribution < -0.4 is 5.32 Å². The predicted molar refractivity (Wildman–Crippen MR) is 95.3 cm³/mol. The van der Waals surface area contributed by atoms with Crippen LogP contribution >= 0.6 is 0 Å². The Morgan fingerprint density at radius 1 is 1.20 bits per heavy atom. The summed E-state index contributed by atoms with van der Waals surface area (Å²) in [6.45, 7) is 3.71. The summed E-state index contributed by atoms with van der Waals surface area (Å²) >= 11 is 0. The first-order chi connectivity index (χ1) is 12.0. The van der Waals surface area contributed by atoms with Crippen LogP contribution in [0, 0.1) is 0 Å². The molecule has 0 radical (unpaired) electrons. The predicted octanol–water partition coefficient (Wildman–Crippen LogP) is 2.98. The first kappa shape index (κ1) is 19.0. The van der Waals surface area contributed by atoms with Crippen LogP contribution in [0.25, 0.3) is 0 Å². The molecule has 1 saturated carbocycles. The van der Waals surface area contributed by atoms with Crippen LogP contribution in [0.2, 0.25) is 0 Å². The Morgan fingerprint density at radius 2 is 1.92 bits per heavy atom. The molecule has 25 heavy (non-hydrogen) atoms. The molecule has 0 bridgehead atoms. The van der Waals surface area contributed by atoms with Crippen molar-refractivity contribution in [2.75, 3.05) is 18.5 Å². The minimum Gasteiger partial charge on any atom is -0.452 e. The van der Waals surface area contributed by atoms with Crippen molar-refractivity contribution in [1.82, 2.24) is 4.90 Å². The molecule has 0 aromatic heterocycles. The number of likely N-dealkylation sites (N-methyl/N-ethyl adjacent to an activating group) is 1. The summed E-state index contributed by atoms with van der Waals surface area (Å²) in [6.07, 6.45) is 5.55. The van der Waals surface area contributed by atoms with Gasteiger partial charge in [0.15, 0.2) is 6.61 Å². The number of nitrogens with one attached hydrogen (secondary N) is 1.